The summed E-state index contributed by atoms with van der Waals surface area (Å²) >= 11 is 7.86. The van der Waals surface area contributed by atoms with Crippen molar-refractivity contribution < 1.29 is 9.47 Å². The highest BCUT2D eigenvalue weighted by Gasteiger charge is 2.23. The highest BCUT2D eigenvalue weighted by atomic mass is 35.5. The molecule has 17 heavy (non-hydrogen) atoms. The number of nitrogens with two attached hydrogens (primary N) is 1. The lowest BCUT2D eigenvalue weighted by Crippen LogP contribution is -2.34. The van der Waals surface area contributed by atoms with E-state index in [0.717, 1.165) is 23.7 Å². The molecule has 0 radical (unpaired) electrons. The van der Waals surface area contributed by atoms with Gasteiger partial charge >= 0.3 is 0 Å². The summed E-state index contributed by atoms with van der Waals surface area (Å²) in [6, 6.07) is 5.49. The van der Waals surface area contributed by atoms with E-state index in [-0.39, 0.29) is 12.1 Å². The lowest BCUT2D eigenvalue weighted by atomic mass is 10.0. The summed E-state index contributed by atoms with van der Waals surface area (Å²) in [6.07, 6.45) is 0.0691. The largest absolute Gasteiger partial charge is 0.495 e. The molecular weight excluding hydrogens is 258 g/mol. The minimum absolute atomic E-state index is 0.0691. The highest BCUT2D eigenvalue weighted by Crippen LogP contribution is 2.30. The fraction of sp³-hybridized carbons (Fsp3) is 0.500. The lowest BCUT2D eigenvalue weighted by molar-refractivity contribution is 0.0569. The second kappa shape index (κ2) is 5.96. The van der Waals surface area contributed by atoms with Crippen molar-refractivity contribution in [1.82, 2.24) is 0 Å². The van der Waals surface area contributed by atoms with E-state index in [1.165, 1.54) is 0 Å². The minimum Gasteiger partial charge on any atom is -0.495 e. The molecule has 0 bridgehead atoms. The first-order valence-electron chi connectivity index (χ1n) is 5.50. The zero-order valence-electron chi connectivity index (χ0n) is 9.69. The van der Waals surface area contributed by atoms with Gasteiger partial charge < -0.3 is 15.2 Å². The van der Waals surface area contributed by atoms with Crippen LogP contribution in [0.5, 0.6) is 5.75 Å². The first-order chi connectivity index (χ1) is 8.22. The van der Waals surface area contributed by atoms with E-state index in [0.29, 0.717) is 10.8 Å². The van der Waals surface area contributed by atoms with Gasteiger partial charge in [0.15, 0.2) is 0 Å². The topological polar surface area (TPSA) is 44.5 Å². The van der Waals surface area contributed by atoms with Gasteiger partial charge in [0.25, 0.3) is 0 Å². The molecule has 3 nitrogen and oxygen atoms in total. The maximum absolute atomic E-state index is 6.21. The van der Waals surface area contributed by atoms with Crippen molar-refractivity contribution in [1.29, 1.82) is 0 Å². The summed E-state index contributed by atoms with van der Waals surface area (Å²) in [5.74, 6) is 2.64. The van der Waals surface area contributed by atoms with Crippen LogP contribution in [0.2, 0.25) is 5.02 Å². The predicted molar refractivity (Wildman–Crippen MR) is 72.0 cm³/mol. The van der Waals surface area contributed by atoms with Gasteiger partial charge in [0, 0.05) is 11.5 Å². The van der Waals surface area contributed by atoms with E-state index in [1.807, 2.05) is 30.0 Å². The Bertz CT molecular complexity index is 383. The molecule has 0 saturated carbocycles. The summed E-state index contributed by atoms with van der Waals surface area (Å²) in [7, 11) is 1.60. The molecule has 94 valence electrons. The second-order valence-electron chi connectivity index (χ2n) is 3.90. The van der Waals surface area contributed by atoms with E-state index < -0.39 is 0 Å². The summed E-state index contributed by atoms with van der Waals surface area (Å²) in [5, 5.41) is 0.599. The average molecular weight is 274 g/mol. The van der Waals surface area contributed by atoms with Crippen molar-refractivity contribution in [3.63, 3.8) is 0 Å². The third-order valence-corrected chi connectivity index (χ3v) is 4.13. The van der Waals surface area contributed by atoms with Gasteiger partial charge in [-0.2, -0.15) is 11.8 Å². The minimum atomic E-state index is -0.131. The summed E-state index contributed by atoms with van der Waals surface area (Å²) < 4.78 is 10.9. The van der Waals surface area contributed by atoms with E-state index in [1.54, 1.807) is 7.11 Å². The first-order valence-corrected chi connectivity index (χ1v) is 7.04. The molecule has 0 spiro atoms. The van der Waals surface area contributed by atoms with Gasteiger partial charge in [-0.05, 0) is 17.7 Å². The van der Waals surface area contributed by atoms with Crippen molar-refractivity contribution in [2.45, 2.75) is 12.1 Å². The third kappa shape index (κ3) is 3.07. The lowest BCUT2D eigenvalue weighted by Gasteiger charge is -2.28. The molecule has 1 fully saturated rings. The summed E-state index contributed by atoms with van der Waals surface area (Å²) in [4.78, 5) is 0. The van der Waals surface area contributed by atoms with Gasteiger partial charge in [-0.25, -0.2) is 0 Å². The average Bonchev–Trinajstić information content (AvgIpc) is 2.39. The Balaban J connectivity index is 2.15. The molecule has 0 aliphatic carbocycles. The number of methoxy groups -OCH3 is 1. The predicted octanol–water partition coefficient (Wildman–Crippen LogP) is 2.48. The van der Waals surface area contributed by atoms with Gasteiger partial charge in [0.05, 0.1) is 30.9 Å². The Kier molecular flexibility index (Phi) is 4.56. The smallest absolute Gasteiger partial charge is 0.137 e. The molecule has 1 aromatic rings. The molecule has 1 aliphatic heterocycles. The van der Waals surface area contributed by atoms with Gasteiger partial charge in [0.1, 0.15) is 5.75 Å². The van der Waals surface area contributed by atoms with Crippen LogP contribution in [0.3, 0.4) is 0 Å². The van der Waals surface area contributed by atoms with Crippen molar-refractivity contribution >= 4 is 23.4 Å². The maximum Gasteiger partial charge on any atom is 0.137 e. The van der Waals surface area contributed by atoms with Gasteiger partial charge in [-0.1, -0.05) is 17.7 Å². The fourth-order valence-electron chi connectivity index (χ4n) is 1.81. The zero-order valence-corrected chi connectivity index (χ0v) is 11.3. The van der Waals surface area contributed by atoms with Crippen LogP contribution in [0.4, 0.5) is 0 Å². The van der Waals surface area contributed by atoms with Crippen molar-refractivity contribution in [2.75, 3.05) is 25.2 Å². The number of halogens is 1. The SMILES string of the molecule is COc1cc(C(N)C2CSCCO2)ccc1Cl. The van der Waals surface area contributed by atoms with E-state index in [2.05, 4.69) is 0 Å². The Morgan fingerprint density at radius 2 is 2.41 bits per heavy atom. The molecule has 1 heterocycles. The van der Waals surface area contributed by atoms with Crippen molar-refractivity contribution in [2.24, 2.45) is 5.73 Å². The Hall–Kier alpha value is -0.420. The quantitative estimate of drug-likeness (QED) is 0.919. The zero-order chi connectivity index (χ0) is 12.3. The van der Waals surface area contributed by atoms with E-state index >= 15 is 0 Å². The van der Waals surface area contributed by atoms with Crippen LogP contribution in [0.15, 0.2) is 18.2 Å². The molecule has 2 atom stereocenters. The second-order valence-corrected chi connectivity index (χ2v) is 5.46. The third-order valence-electron chi connectivity index (χ3n) is 2.80. The van der Waals surface area contributed by atoms with Gasteiger partial charge in [-0.3, -0.25) is 0 Å². The number of hydrogen-bond donors (Lipinski definition) is 1. The molecule has 1 aliphatic rings. The number of ether oxygens (including phenoxy) is 2. The van der Waals surface area contributed by atoms with Crippen molar-refractivity contribution in [3.05, 3.63) is 28.8 Å². The maximum atomic E-state index is 6.21. The highest BCUT2D eigenvalue weighted by molar-refractivity contribution is 7.99. The van der Waals surface area contributed by atoms with Crippen LogP contribution >= 0.6 is 23.4 Å². The molecule has 2 rings (SSSR count). The molecule has 1 aromatic carbocycles. The Labute approximate surface area is 111 Å². The number of thioether (sulfide) groups is 1. The molecule has 2 N–H and O–H groups in total. The summed E-state index contributed by atoms with van der Waals surface area (Å²) in [5.41, 5.74) is 7.21. The monoisotopic (exact) mass is 273 g/mol. The van der Waals surface area contributed by atoms with Crippen LogP contribution in [0, 0.1) is 0 Å². The summed E-state index contributed by atoms with van der Waals surface area (Å²) in [6.45, 7) is 0.772. The van der Waals surface area contributed by atoms with Crippen LogP contribution in [0.25, 0.3) is 0 Å². The Morgan fingerprint density at radius 1 is 1.59 bits per heavy atom. The van der Waals surface area contributed by atoms with Crippen molar-refractivity contribution in [3.8, 4) is 5.75 Å². The number of rotatable bonds is 3. The molecule has 5 heteroatoms. The fourth-order valence-corrected chi connectivity index (χ4v) is 2.92. The molecular formula is C12H16ClNO2S. The molecule has 0 aromatic heterocycles. The molecule has 2 unspecified atom stereocenters. The van der Waals surface area contributed by atoms with E-state index in [9.17, 15) is 0 Å². The van der Waals surface area contributed by atoms with E-state index in [4.69, 9.17) is 26.8 Å². The van der Waals surface area contributed by atoms with Gasteiger partial charge in [0.2, 0.25) is 0 Å². The van der Waals surface area contributed by atoms with Crippen LogP contribution in [-0.2, 0) is 4.74 Å². The van der Waals surface area contributed by atoms with Crippen LogP contribution in [-0.4, -0.2) is 31.3 Å². The molecule has 0 amide bonds. The van der Waals surface area contributed by atoms with Gasteiger partial charge in [-0.15, -0.1) is 0 Å². The normalized spacial score (nSPS) is 22.2. The number of benzene rings is 1. The number of hydrogen-bond acceptors (Lipinski definition) is 4. The standard InChI is InChI=1S/C12H16ClNO2S/c1-15-10-6-8(2-3-9(10)13)12(14)11-7-17-5-4-16-11/h2-3,6,11-12H,4-5,7,14H2,1H3. The molecule has 1 saturated heterocycles. The van der Waals surface area contributed by atoms with Crippen LogP contribution in [0.1, 0.15) is 11.6 Å². The first kappa shape index (κ1) is 13.0. The van der Waals surface area contributed by atoms with Crippen LogP contribution < -0.4 is 10.5 Å². The Morgan fingerprint density at radius 3 is 3.06 bits per heavy atom.